The van der Waals surface area contributed by atoms with Gasteiger partial charge in [0.15, 0.2) is 23.0 Å². The maximum absolute atomic E-state index is 12.5. The second-order valence-electron chi connectivity index (χ2n) is 10.7. The van der Waals surface area contributed by atoms with Crippen molar-refractivity contribution in [3.63, 3.8) is 0 Å². The van der Waals surface area contributed by atoms with E-state index in [1.807, 2.05) is 6.92 Å². The van der Waals surface area contributed by atoms with Crippen LogP contribution in [0.1, 0.15) is 33.3 Å². The van der Waals surface area contributed by atoms with E-state index in [0.29, 0.717) is 5.69 Å². The lowest BCUT2D eigenvalue weighted by molar-refractivity contribution is -0.300. The molecule has 0 aromatic heterocycles. The highest BCUT2D eigenvalue weighted by Gasteiger charge is 2.64. The van der Waals surface area contributed by atoms with Crippen molar-refractivity contribution in [1.29, 1.82) is 0 Å². The Morgan fingerprint density at radius 2 is 1.51 bits per heavy atom. The van der Waals surface area contributed by atoms with Gasteiger partial charge in [-0.1, -0.05) is 17.7 Å². The Kier molecular flexibility index (Phi) is 11.8. The van der Waals surface area contributed by atoms with Gasteiger partial charge in [-0.3, -0.25) is 19.2 Å². The lowest BCUT2D eigenvalue weighted by atomic mass is 9.90. The highest BCUT2D eigenvalue weighted by Crippen LogP contribution is 2.41. The van der Waals surface area contributed by atoms with Crippen LogP contribution in [0.5, 0.6) is 0 Å². The summed E-state index contributed by atoms with van der Waals surface area (Å²) >= 11 is 5.75. The minimum Gasteiger partial charge on any atom is -0.463 e. The maximum Gasteiger partial charge on any atom is 0.305 e. The number of hydrogen-bond donors (Lipinski definition) is 5. The van der Waals surface area contributed by atoms with Crippen molar-refractivity contribution in [1.82, 2.24) is 4.90 Å². The predicted molar refractivity (Wildman–Crippen MR) is 155 cm³/mol. The number of benzene rings is 1. The molecule has 0 amide bonds. The third kappa shape index (κ3) is 8.04. The number of aliphatic hydroxyl groups is 5. The molecule has 2 aliphatic rings. The zero-order valence-corrected chi connectivity index (χ0v) is 26.1. The summed E-state index contributed by atoms with van der Waals surface area (Å²) in [4.78, 5) is 50.9. The van der Waals surface area contributed by atoms with Gasteiger partial charge in [-0.2, -0.15) is 0 Å². The minimum atomic E-state index is -2.67. The number of hydrogen-bond acceptors (Lipinski definition) is 15. The van der Waals surface area contributed by atoms with Crippen LogP contribution in [-0.2, 0) is 42.9 Å². The van der Waals surface area contributed by atoms with Crippen molar-refractivity contribution < 1.29 is 68.4 Å². The molecule has 0 radical (unpaired) electrons. The number of carbonyl (C=O) groups excluding carboxylic acids is 4. The van der Waals surface area contributed by atoms with E-state index in [1.165, 1.54) is 4.90 Å². The van der Waals surface area contributed by atoms with Crippen LogP contribution in [0.3, 0.4) is 0 Å². The lowest BCUT2D eigenvalue weighted by Gasteiger charge is -2.51. The minimum absolute atomic E-state index is 0.256. The molecule has 1 aromatic carbocycles. The summed E-state index contributed by atoms with van der Waals surface area (Å²) in [5, 5.41) is 53.7. The molecular formula is C28H38N2O14S. The zero-order chi connectivity index (χ0) is 33.8. The molecule has 16 nitrogen and oxygen atoms in total. The van der Waals surface area contributed by atoms with E-state index >= 15 is 0 Å². The molecule has 2 fully saturated rings. The Morgan fingerprint density at radius 3 is 2.02 bits per heavy atom. The van der Waals surface area contributed by atoms with Crippen molar-refractivity contribution in [2.75, 3.05) is 24.7 Å². The van der Waals surface area contributed by atoms with Gasteiger partial charge < -0.3 is 59.0 Å². The van der Waals surface area contributed by atoms with Crippen LogP contribution in [-0.4, -0.2) is 134 Å². The monoisotopic (exact) mass is 658 g/mol. The number of rotatable bonds is 11. The first-order chi connectivity index (χ1) is 21.0. The highest BCUT2D eigenvalue weighted by molar-refractivity contribution is 7.80. The fourth-order valence-electron chi connectivity index (χ4n) is 5.23. The van der Waals surface area contributed by atoms with Crippen LogP contribution in [0.15, 0.2) is 24.3 Å². The molecule has 17 heteroatoms. The smallest absolute Gasteiger partial charge is 0.305 e. The molecule has 0 saturated carbocycles. The van der Waals surface area contributed by atoms with Gasteiger partial charge in [0, 0.05) is 33.4 Å². The SMILES string of the molecule is CC(=O)OC[C@H]1O[C@@H](OC(C)=O)[C@H](N2C(=S)N(c3ccc(C)cc3)CC2(O)[C@@H](O)[C@H](O)[C@H](O)CO)[C@@H](OC(C)=O)[C@@H]1OC(C)=O. The quantitative estimate of drug-likeness (QED) is 0.101. The first kappa shape index (κ1) is 36.0. The first-order valence-electron chi connectivity index (χ1n) is 13.9. The number of carbonyl (C=O) groups is 4. The normalized spacial score (nSPS) is 28.6. The molecule has 250 valence electrons. The van der Waals surface area contributed by atoms with Gasteiger partial charge in [-0.05, 0) is 31.3 Å². The number of nitrogens with zero attached hydrogens (tertiary/aromatic N) is 2. The standard InChI is InChI=1S/C28H38N2O14S/c1-13-6-8-18(9-7-13)29-12-28(39,25(38)22(37)19(36)10-31)30(27(29)45)21-24(42-16(4)34)23(41-15(3)33)20(11-40-14(2)32)44-26(21)43-17(5)35/h6-9,19-26,31,36-39H,10-12H2,1-5H3/t19-,20-,21-,22-,23-,24-,25+,26-,28?/m1/s1. The predicted octanol–water partition coefficient (Wildman–Crippen LogP) is -1.75. The maximum atomic E-state index is 12.5. The van der Waals surface area contributed by atoms with Crippen LogP contribution in [0.2, 0.25) is 0 Å². The van der Waals surface area contributed by atoms with Crippen LogP contribution < -0.4 is 4.90 Å². The zero-order valence-electron chi connectivity index (χ0n) is 25.3. The Balaban J connectivity index is 2.27. The van der Waals surface area contributed by atoms with Gasteiger partial charge in [0.2, 0.25) is 6.29 Å². The number of anilines is 1. The number of aliphatic hydroxyl groups excluding tert-OH is 4. The van der Waals surface area contributed by atoms with E-state index in [4.69, 9.17) is 35.9 Å². The van der Waals surface area contributed by atoms with Crippen LogP contribution in [0.4, 0.5) is 5.69 Å². The molecule has 0 bridgehead atoms. The molecule has 2 heterocycles. The Hall–Kier alpha value is -3.45. The average Bonchev–Trinajstić information content (AvgIpc) is 3.22. The molecule has 2 saturated heterocycles. The summed E-state index contributed by atoms with van der Waals surface area (Å²) in [6.45, 7) is 3.93. The number of β-amino-alcohol motifs (C(OH)–C–C–N with tert-alkyl or cyclic N) is 1. The summed E-state index contributed by atoms with van der Waals surface area (Å²) in [6.07, 6.45) is -12.8. The summed E-state index contributed by atoms with van der Waals surface area (Å²) < 4.78 is 27.5. The first-order valence-corrected chi connectivity index (χ1v) is 14.3. The Bertz CT molecular complexity index is 1260. The van der Waals surface area contributed by atoms with E-state index in [2.05, 4.69) is 0 Å². The molecule has 0 aliphatic carbocycles. The number of ether oxygens (including phenoxy) is 5. The summed E-state index contributed by atoms with van der Waals surface area (Å²) in [6, 6.07) is 5.08. The van der Waals surface area contributed by atoms with Crippen molar-refractivity contribution in [2.45, 2.75) is 89.3 Å². The molecule has 5 N–H and O–H groups in total. The van der Waals surface area contributed by atoms with Gasteiger partial charge in [0.05, 0.1) is 13.2 Å². The summed E-state index contributed by atoms with van der Waals surface area (Å²) in [5.41, 5.74) is -1.39. The molecular weight excluding hydrogens is 620 g/mol. The second kappa shape index (κ2) is 14.8. The van der Waals surface area contributed by atoms with Crippen molar-refractivity contribution in [3.05, 3.63) is 29.8 Å². The van der Waals surface area contributed by atoms with Gasteiger partial charge in [0.25, 0.3) is 0 Å². The van der Waals surface area contributed by atoms with E-state index in [0.717, 1.165) is 38.2 Å². The van der Waals surface area contributed by atoms with Crippen LogP contribution in [0, 0.1) is 6.92 Å². The number of esters is 4. The van der Waals surface area contributed by atoms with Crippen LogP contribution in [0.25, 0.3) is 0 Å². The molecule has 0 spiro atoms. The van der Waals surface area contributed by atoms with Gasteiger partial charge in [-0.15, -0.1) is 0 Å². The Labute approximate surface area is 264 Å². The van der Waals surface area contributed by atoms with Crippen molar-refractivity contribution in [2.24, 2.45) is 0 Å². The largest absolute Gasteiger partial charge is 0.463 e. The van der Waals surface area contributed by atoms with Crippen molar-refractivity contribution in [3.8, 4) is 0 Å². The Morgan fingerprint density at radius 1 is 0.956 bits per heavy atom. The summed E-state index contributed by atoms with van der Waals surface area (Å²) in [7, 11) is 0. The second-order valence-corrected chi connectivity index (χ2v) is 11.1. The number of aryl methyl sites for hydroxylation is 1. The summed E-state index contributed by atoms with van der Waals surface area (Å²) in [5.74, 6) is -3.44. The van der Waals surface area contributed by atoms with E-state index in [1.54, 1.807) is 24.3 Å². The third-order valence-corrected chi connectivity index (χ3v) is 7.64. The number of thiocarbonyl (C=S) groups is 1. The molecule has 2 aliphatic heterocycles. The molecule has 45 heavy (non-hydrogen) atoms. The molecule has 3 rings (SSSR count). The van der Waals surface area contributed by atoms with Crippen LogP contribution >= 0.6 is 12.2 Å². The third-order valence-electron chi connectivity index (χ3n) is 7.22. The molecule has 9 atom stereocenters. The average molecular weight is 659 g/mol. The van der Waals surface area contributed by atoms with E-state index < -0.39 is 98.3 Å². The molecule has 1 unspecified atom stereocenters. The van der Waals surface area contributed by atoms with Gasteiger partial charge in [-0.25, -0.2) is 0 Å². The fourth-order valence-corrected chi connectivity index (χ4v) is 5.68. The van der Waals surface area contributed by atoms with Crippen molar-refractivity contribution >= 4 is 46.9 Å². The van der Waals surface area contributed by atoms with Gasteiger partial charge >= 0.3 is 23.9 Å². The van der Waals surface area contributed by atoms with E-state index in [9.17, 15) is 44.7 Å². The lowest BCUT2D eigenvalue weighted by Crippen LogP contribution is -2.73. The van der Waals surface area contributed by atoms with E-state index in [-0.39, 0.29) is 5.11 Å². The van der Waals surface area contributed by atoms with Gasteiger partial charge in [0.1, 0.15) is 37.1 Å². The topological polar surface area (TPSA) is 222 Å². The fraction of sp³-hybridized carbons (Fsp3) is 0.607. The molecule has 1 aromatic rings. The highest BCUT2D eigenvalue weighted by atomic mass is 32.1.